The topological polar surface area (TPSA) is 89.8 Å². The number of carbonyl (C=O) groups excluding carboxylic acids is 2. The van der Waals surface area contributed by atoms with Crippen LogP contribution in [0.25, 0.3) is 5.57 Å². The van der Waals surface area contributed by atoms with Crippen LogP contribution in [0, 0.1) is 10.1 Å². The van der Waals surface area contributed by atoms with Gasteiger partial charge in [0.15, 0.2) is 0 Å². The maximum Gasteiger partial charge on any atom is 0.277 e. The first-order chi connectivity index (χ1) is 11.9. The third kappa shape index (κ3) is 2.85. The summed E-state index contributed by atoms with van der Waals surface area (Å²) in [7, 11) is 1.47. The zero-order valence-electron chi connectivity index (χ0n) is 12.9. The maximum atomic E-state index is 12.7. The van der Waals surface area contributed by atoms with Crippen LogP contribution >= 0.6 is 11.6 Å². The Morgan fingerprint density at radius 1 is 1.08 bits per heavy atom. The first-order valence-corrected chi connectivity index (χ1v) is 7.49. The van der Waals surface area contributed by atoms with Gasteiger partial charge in [0.25, 0.3) is 17.5 Å². The van der Waals surface area contributed by atoms with Crippen molar-refractivity contribution in [3.63, 3.8) is 0 Å². The highest BCUT2D eigenvalue weighted by molar-refractivity contribution is 6.60. The van der Waals surface area contributed by atoms with Crippen molar-refractivity contribution < 1.29 is 19.2 Å². The van der Waals surface area contributed by atoms with E-state index < -0.39 is 16.7 Å². The molecule has 0 aliphatic carbocycles. The van der Waals surface area contributed by atoms with Crippen molar-refractivity contribution in [2.45, 2.75) is 0 Å². The van der Waals surface area contributed by atoms with E-state index in [9.17, 15) is 19.7 Å². The van der Waals surface area contributed by atoms with Gasteiger partial charge in [-0.2, -0.15) is 0 Å². The van der Waals surface area contributed by atoms with E-state index in [-0.39, 0.29) is 16.3 Å². The van der Waals surface area contributed by atoms with Gasteiger partial charge in [-0.1, -0.05) is 17.7 Å². The molecule has 8 heteroatoms. The number of ether oxygens (including phenoxy) is 1. The average Bonchev–Trinajstić information content (AvgIpc) is 2.84. The van der Waals surface area contributed by atoms with Crippen LogP contribution in [0.4, 0.5) is 11.4 Å². The van der Waals surface area contributed by atoms with Gasteiger partial charge in [0.1, 0.15) is 10.8 Å². The lowest BCUT2D eigenvalue weighted by Gasteiger charge is -2.15. The molecule has 1 heterocycles. The lowest BCUT2D eigenvalue weighted by molar-refractivity contribution is -0.384. The molecule has 0 atom stereocenters. The summed E-state index contributed by atoms with van der Waals surface area (Å²) in [5.74, 6) is -0.775. The number of anilines is 1. The minimum absolute atomic E-state index is 0.00406. The largest absolute Gasteiger partial charge is 0.497 e. The van der Waals surface area contributed by atoms with Crippen molar-refractivity contribution in [3.05, 3.63) is 69.2 Å². The third-order valence-electron chi connectivity index (χ3n) is 3.71. The molecule has 0 unspecified atom stereocenters. The first-order valence-electron chi connectivity index (χ1n) is 7.11. The van der Waals surface area contributed by atoms with Crippen molar-refractivity contribution in [1.82, 2.24) is 0 Å². The van der Waals surface area contributed by atoms with E-state index in [4.69, 9.17) is 16.3 Å². The summed E-state index contributed by atoms with van der Waals surface area (Å²) in [5.41, 5.74) is 0.537. The molecule has 7 nitrogen and oxygen atoms in total. The van der Waals surface area contributed by atoms with Crippen molar-refractivity contribution in [1.29, 1.82) is 0 Å². The van der Waals surface area contributed by atoms with Crippen molar-refractivity contribution in [3.8, 4) is 5.75 Å². The summed E-state index contributed by atoms with van der Waals surface area (Å²) in [6.45, 7) is 0. The highest BCUT2D eigenvalue weighted by Gasteiger charge is 2.39. The Morgan fingerprint density at radius 2 is 1.76 bits per heavy atom. The molecule has 0 aromatic heterocycles. The number of methoxy groups -OCH3 is 1. The molecule has 2 amide bonds. The molecule has 1 aliphatic heterocycles. The number of nitro groups is 1. The predicted molar refractivity (Wildman–Crippen MR) is 91.4 cm³/mol. The minimum atomic E-state index is -0.659. The number of halogens is 1. The van der Waals surface area contributed by atoms with Gasteiger partial charge in [-0.05, 0) is 29.8 Å². The highest BCUT2D eigenvalue weighted by Crippen LogP contribution is 2.36. The molecule has 0 saturated carbocycles. The Bertz CT molecular complexity index is 921. The van der Waals surface area contributed by atoms with Crippen LogP contribution in [-0.4, -0.2) is 23.8 Å². The number of amides is 2. The van der Waals surface area contributed by atoms with Crippen molar-refractivity contribution in [2.24, 2.45) is 0 Å². The molecule has 2 aromatic carbocycles. The molecule has 0 fully saturated rings. The number of hydrogen-bond acceptors (Lipinski definition) is 5. The number of nitro benzene ring substituents is 1. The molecule has 0 spiro atoms. The molecule has 0 saturated heterocycles. The standard InChI is InChI=1S/C17H11ClN2O5/c1-25-13-4-2-3-12(9-13)19-16(21)14(15(18)17(19)22)10-5-7-11(8-6-10)20(23)24/h2-9H,1H3. The summed E-state index contributed by atoms with van der Waals surface area (Å²) < 4.78 is 5.10. The summed E-state index contributed by atoms with van der Waals surface area (Å²) in [5, 5.41) is 10.5. The molecule has 1 aliphatic rings. The first kappa shape index (κ1) is 16.7. The Morgan fingerprint density at radius 3 is 2.36 bits per heavy atom. The predicted octanol–water partition coefficient (Wildman–Crippen LogP) is 3.13. The van der Waals surface area contributed by atoms with Gasteiger partial charge >= 0.3 is 0 Å². The number of rotatable bonds is 4. The van der Waals surface area contributed by atoms with E-state index in [1.165, 1.54) is 31.4 Å². The monoisotopic (exact) mass is 358 g/mol. The molecular formula is C17H11ClN2O5. The van der Waals surface area contributed by atoms with Gasteiger partial charge < -0.3 is 4.74 Å². The number of hydrogen-bond donors (Lipinski definition) is 0. The number of benzene rings is 2. The fraction of sp³-hybridized carbons (Fsp3) is 0.0588. The van der Waals surface area contributed by atoms with Crippen molar-refractivity contribution in [2.75, 3.05) is 12.0 Å². The number of non-ortho nitro benzene ring substituents is 1. The Balaban J connectivity index is 2.00. The van der Waals surface area contributed by atoms with E-state index in [2.05, 4.69) is 0 Å². The maximum absolute atomic E-state index is 12.7. The lowest BCUT2D eigenvalue weighted by Crippen LogP contribution is -2.31. The molecule has 3 rings (SSSR count). The zero-order chi connectivity index (χ0) is 18.1. The summed E-state index contributed by atoms with van der Waals surface area (Å²) in [6, 6.07) is 11.7. The molecule has 126 valence electrons. The van der Waals surface area contributed by atoms with Gasteiger partial charge in [0, 0.05) is 18.2 Å². The van der Waals surface area contributed by atoms with E-state index in [0.29, 0.717) is 17.0 Å². The van der Waals surface area contributed by atoms with Crippen molar-refractivity contribution >= 4 is 40.4 Å². The van der Waals surface area contributed by atoms with E-state index in [1.807, 2.05) is 0 Å². The van der Waals surface area contributed by atoms with Gasteiger partial charge in [0.05, 0.1) is 23.3 Å². The normalized spacial score (nSPS) is 14.2. The Hall–Kier alpha value is -3.19. The molecule has 0 bridgehead atoms. The van der Waals surface area contributed by atoms with E-state index >= 15 is 0 Å². The van der Waals surface area contributed by atoms with Crippen LogP contribution in [0.3, 0.4) is 0 Å². The molecular weight excluding hydrogens is 348 g/mol. The quantitative estimate of drug-likeness (QED) is 0.476. The molecule has 0 N–H and O–H groups in total. The van der Waals surface area contributed by atoms with Crippen LogP contribution in [0.2, 0.25) is 0 Å². The molecule has 25 heavy (non-hydrogen) atoms. The van der Waals surface area contributed by atoms with E-state index in [1.54, 1.807) is 24.3 Å². The second-order valence-corrected chi connectivity index (χ2v) is 5.52. The Labute approximate surface area is 147 Å². The lowest BCUT2D eigenvalue weighted by atomic mass is 10.1. The van der Waals surface area contributed by atoms with Gasteiger partial charge in [0.2, 0.25) is 0 Å². The van der Waals surface area contributed by atoms with Crippen LogP contribution in [0.1, 0.15) is 5.56 Å². The average molecular weight is 359 g/mol. The summed E-state index contributed by atoms with van der Waals surface area (Å²) in [4.78, 5) is 36.3. The Kier molecular flexibility index (Phi) is 4.24. The number of carbonyl (C=O) groups is 2. The molecule has 0 radical (unpaired) electrons. The number of nitrogens with zero attached hydrogens (tertiary/aromatic N) is 2. The van der Waals surface area contributed by atoms with Crippen LogP contribution < -0.4 is 9.64 Å². The fourth-order valence-corrected chi connectivity index (χ4v) is 2.76. The number of imide groups is 1. The van der Waals surface area contributed by atoms with Gasteiger partial charge in [-0.15, -0.1) is 0 Å². The molecule has 2 aromatic rings. The van der Waals surface area contributed by atoms with Gasteiger partial charge in [-0.25, -0.2) is 4.90 Å². The van der Waals surface area contributed by atoms with Crippen LogP contribution in [-0.2, 0) is 9.59 Å². The minimum Gasteiger partial charge on any atom is -0.497 e. The van der Waals surface area contributed by atoms with Crippen LogP contribution in [0.5, 0.6) is 5.75 Å². The van der Waals surface area contributed by atoms with Crippen LogP contribution in [0.15, 0.2) is 53.6 Å². The zero-order valence-corrected chi connectivity index (χ0v) is 13.7. The van der Waals surface area contributed by atoms with Gasteiger partial charge in [-0.3, -0.25) is 19.7 Å². The van der Waals surface area contributed by atoms with E-state index in [0.717, 1.165) is 4.90 Å². The second-order valence-electron chi connectivity index (χ2n) is 5.14. The smallest absolute Gasteiger partial charge is 0.277 e. The summed E-state index contributed by atoms with van der Waals surface area (Å²) >= 11 is 6.08. The summed E-state index contributed by atoms with van der Waals surface area (Å²) in [6.07, 6.45) is 0. The fourth-order valence-electron chi connectivity index (χ4n) is 2.49. The third-order valence-corrected chi connectivity index (χ3v) is 4.06. The highest BCUT2D eigenvalue weighted by atomic mass is 35.5. The second kappa shape index (κ2) is 6.37. The SMILES string of the molecule is COc1cccc(N2C(=O)C(Cl)=C(c3ccc([N+](=O)[O-])cc3)C2=O)c1.